The zero-order chi connectivity index (χ0) is 21.9. The van der Waals surface area contributed by atoms with E-state index >= 15 is 0 Å². The molecule has 0 spiro atoms. The lowest BCUT2D eigenvalue weighted by molar-refractivity contribution is 0.238. The van der Waals surface area contributed by atoms with Crippen molar-refractivity contribution in [1.82, 2.24) is 14.4 Å². The van der Waals surface area contributed by atoms with Gasteiger partial charge in [0.05, 0.1) is 10.9 Å². The molecule has 2 aliphatic rings. The lowest BCUT2D eigenvalue weighted by Crippen LogP contribution is -2.25. The van der Waals surface area contributed by atoms with Gasteiger partial charge >= 0.3 is 0 Å². The number of nitrogens with zero attached hydrogens (tertiary/aromatic N) is 3. The van der Waals surface area contributed by atoms with Crippen molar-refractivity contribution in [2.24, 2.45) is 7.05 Å². The van der Waals surface area contributed by atoms with Crippen molar-refractivity contribution in [3.63, 3.8) is 0 Å². The van der Waals surface area contributed by atoms with Crippen molar-refractivity contribution in [3.05, 3.63) is 46.8 Å². The first kappa shape index (κ1) is 21.3. The molecule has 2 aliphatic heterocycles. The molecule has 0 saturated carbocycles. The van der Waals surface area contributed by atoms with Crippen molar-refractivity contribution in [3.8, 4) is 11.5 Å². The summed E-state index contributed by atoms with van der Waals surface area (Å²) in [7, 11) is 1.83. The van der Waals surface area contributed by atoms with E-state index in [-0.39, 0.29) is 5.56 Å². The fourth-order valence-electron chi connectivity index (χ4n) is 5.02. The second-order valence-electron chi connectivity index (χ2n) is 9.04. The van der Waals surface area contributed by atoms with Crippen molar-refractivity contribution in [2.75, 3.05) is 52.5 Å². The van der Waals surface area contributed by atoms with E-state index in [4.69, 9.17) is 9.47 Å². The molecule has 0 atom stereocenters. The van der Waals surface area contributed by atoms with Crippen LogP contribution in [0.15, 0.2) is 41.2 Å². The van der Waals surface area contributed by atoms with E-state index in [1.54, 1.807) is 4.57 Å². The number of aromatic nitrogens is 1. The lowest BCUT2D eigenvalue weighted by Gasteiger charge is -2.16. The molecule has 32 heavy (non-hydrogen) atoms. The van der Waals surface area contributed by atoms with Gasteiger partial charge in [0.15, 0.2) is 0 Å². The Morgan fingerprint density at radius 1 is 0.719 bits per heavy atom. The Morgan fingerprint density at radius 2 is 1.25 bits per heavy atom. The molecule has 0 bridgehead atoms. The minimum Gasteiger partial charge on any atom is -0.492 e. The van der Waals surface area contributed by atoms with Gasteiger partial charge in [-0.15, -0.1) is 0 Å². The molecule has 5 rings (SSSR count). The van der Waals surface area contributed by atoms with Crippen LogP contribution in [0.3, 0.4) is 0 Å². The normalized spacial score (nSPS) is 17.5. The minimum atomic E-state index is -0.00768. The Labute approximate surface area is 189 Å². The fraction of sp³-hybridized carbons (Fsp3) is 0.500. The van der Waals surface area contributed by atoms with Gasteiger partial charge in [0.25, 0.3) is 5.56 Å². The highest BCUT2D eigenvalue weighted by molar-refractivity contribution is 6.06. The molecule has 170 valence electrons. The zero-order valence-corrected chi connectivity index (χ0v) is 19.0. The van der Waals surface area contributed by atoms with E-state index < -0.39 is 0 Å². The Morgan fingerprint density at radius 3 is 1.84 bits per heavy atom. The third-order valence-corrected chi connectivity index (χ3v) is 6.90. The molecule has 6 heteroatoms. The van der Waals surface area contributed by atoms with E-state index in [2.05, 4.69) is 15.9 Å². The average molecular weight is 436 g/mol. The van der Waals surface area contributed by atoms with Crippen molar-refractivity contribution in [2.45, 2.75) is 25.7 Å². The molecule has 2 fully saturated rings. The topological polar surface area (TPSA) is 46.9 Å². The number of ether oxygens (including phenoxy) is 2. The molecule has 0 radical (unpaired) electrons. The molecular weight excluding hydrogens is 402 g/mol. The highest BCUT2D eigenvalue weighted by Gasteiger charge is 2.14. The summed E-state index contributed by atoms with van der Waals surface area (Å²) in [6, 6.07) is 11.9. The number of fused-ring (bicyclic) bond motifs is 3. The third-order valence-electron chi connectivity index (χ3n) is 6.90. The monoisotopic (exact) mass is 435 g/mol. The van der Waals surface area contributed by atoms with E-state index in [1.165, 1.54) is 38.8 Å². The quantitative estimate of drug-likeness (QED) is 0.506. The first-order chi connectivity index (χ1) is 15.7. The smallest absolute Gasteiger partial charge is 0.258 e. The summed E-state index contributed by atoms with van der Waals surface area (Å²) in [5.74, 6) is 1.57. The Bertz CT molecular complexity index is 1140. The first-order valence-corrected chi connectivity index (χ1v) is 12.0. The Hall–Kier alpha value is -2.57. The van der Waals surface area contributed by atoms with Gasteiger partial charge in [0, 0.05) is 31.6 Å². The number of hydrogen-bond donors (Lipinski definition) is 0. The van der Waals surface area contributed by atoms with Gasteiger partial charge in [0.1, 0.15) is 24.7 Å². The highest BCUT2D eigenvalue weighted by Crippen LogP contribution is 2.28. The Balaban J connectivity index is 1.34. The van der Waals surface area contributed by atoms with Crippen molar-refractivity contribution >= 4 is 21.7 Å². The molecule has 1 aromatic heterocycles. The van der Waals surface area contributed by atoms with Gasteiger partial charge < -0.3 is 14.0 Å². The number of likely N-dealkylation sites (tertiary alicyclic amines) is 2. The second-order valence-corrected chi connectivity index (χ2v) is 9.04. The van der Waals surface area contributed by atoms with Crippen LogP contribution in [-0.2, 0) is 7.05 Å². The van der Waals surface area contributed by atoms with Crippen molar-refractivity contribution in [1.29, 1.82) is 0 Å². The van der Waals surface area contributed by atoms with Crippen LogP contribution in [0.1, 0.15) is 25.7 Å². The Kier molecular flexibility index (Phi) is 6.32. The van der Waals surface area contributed by atoms with E-state index in [0.717, 1.165) is 54.0 Å². The summed E-state index contributed by atoms with van der Waals surface area (Å²) in [5.41, 5.74) is 0.885. The van der Waals surface area contributed by atoms with E-state index in [0.29, 0.717) is 18.6 Å². The number of benzene rings is 2. The molecule has 2 saturated heterocycles. The van der Waals surface area contributed by atoms with Crippen LogP contribution in [0.5, 0.6) is 11.5 Å². The van der Waals surface area contributed by atoms with Crippen LogP contribution in [0.25, 0.3) is 21.7 Å². The molecule has 0 aliphatic carbocycles. The van der Waals surface area contributed by atoms with Gasteiger partial charge in [-0.3, -0.25) is 14.6 Å². The third kappa shape index (κ3) is 4.48. The van der Waals surface area contributed by atoms with Crippen LogP contribution >= 0.6 is 0 Å². The molecule has 0 amide bonds. The van der Waals surface area contributed by atoms with Gasteiger partial charge in [-0.05, 0) is 87.6 Å². The predicted octanol–water partition coefficient (Wildman–Crippen LogP) is 3.64. The first-order valence-electron chi connectivity index (χ1n) is 12.0. The van der Waals surface area contributed by atoms with Crippen LogP contribution in [0.2, 0.25) is 0 Å². The molecule has 2 aromatic carbocycles. The fourth-order valence-corrected chi connectivity index (χ4v) is 5.02. The standard InChI is InChI=1S/C26H33N3O3/c1-27-25-19-21(32-17-15-29-12-4-5-13-29)7-9-23(25)22-8-6-20(18-24(22)26(27)30)31-16-14-28-10-2-3-11-28/h6-9,18-19H,2-5,10-17H2,1H3. The van der Waals surface area contributed by atoms with Gasteiger partial charge in [-0.25, -0.2) is 0 Å². The van der Waals surface area contributed by atoms with Gasteiger partial charge in [-0.2, -0.15) is 0 Å². The number of hydrogen-bond acceptors (Lipinski definition) is 5. The van der Waals surface area contributed by atoms with Crippen LogP contribution in [0, 0.1) is 0 Å². The molecule has 3 aromatic rings. The SMILES string of the molecule is Cn1c(=O)c2cc(OCCN3CCCC3)ccc2c2ccc(OCCN3CCCC3)cc21. The minimum absolute atomic E-state index is 0.00768. The molecule has 6 nitrogen and oxygen atoms in total. The summed E-state index contributed by atoms with van der Waals surface area (Å²) >= 11 is 0. The molecule has 0 N–H and O–H groups in total. The summed E-state index contributed by atoms with van der Waals surface area (Å²) in [6.45, 7) is 7.89. The average Bonchev–Trinajstić information content (AvgIpc) is 3.52. The largest absolute Gasteiger partial charge is 0.492 e. The molecular formula is C26H33N3O3. The summed E-state index contributed by atoms with van der Waals surface area (Å²) < 4.78 is 13.7. The maximum Gasteiger partial charge on any atom is 0.258 e. The van der Waals surface area contributed by atoms with Crippen LogP contribution in [-0.4, -0.2) is 66.8 Å². The van der Waals surface area contributed by atoms with Crippen LogP contribution in [0.4, 0.5) is 0 Å². The molecule has 0 unspecified atom stereocenters. The van der Waals surface area contributed by atoms with Crippen molar-refractivity contribution < 1.29 is 9.47 Å². The maximum atomic E-state index is 13.1. The predicted molar refractivity (Wildman–Crippen MR) is 129 cm³/mol. The van der Waals surface area contributed by atoms with Crippen LogP contribution < -0.4 is 15.0 Å². The highest BCUT2D eigenvalue weighted by atomic mass is 16.5. The summed E-state index contributed by atoms with van der Waals surface area (Å²) in [5, 5.41) is 2.71. The second kappa shape index (κ2) is 9.51. The van der Waals surface area contributed by atoms with E-state index in [9.17, 15) is 4.79 Å². The van der Waals surface area contributed by atoms with Gasteiger partial charge in [-0.1, -0.05) is 0 Å². The number of aryl methyl sites for hydroxylation is 1. The summed E-state index contributed by atoms with van der Waals surface area (Å²) in [6.07, 6.45) is 5.14. The van der Waals surface area contributed by atoms with Gasteiger partial charge in [0.2, 0.25) is 0 Å². The number of rotatable bonds is 8. The summed E-state index contributed by atoms with van der Waals surface area (Å²) in [4.78, 5) is 18.0. The zero-order valence-electron chi connectivity index (χ0n) is 19.0. The van der Waals surface area contributed by atoms with E-state index in [1.807, 2.05) is 37.4 Å². The maximum absolute atomic E-state index is 13.1. The molecule has 3 heterocycles. The number of pyridine rings is 1. The lowest BCUT2D eigenvalue weighted by atomic mass is 10.1.